The highest BCUT2D eigenvalue weighted by Crippen LogP contribution is 2.27. The van der Waals surface area contributed by atoms with E-state index in [-0.39, 0.29) is 0 Å². The molecule has 2 atom stereocenters. The minimum atomic E-state index is -0.851. The molecular formula is C13H18O3S. The first kappa shape index (κ1) is 12.6. The predicted molar refractivity (Wildman–Crippen MR) is 67.5 cm³/mol. The Bertz CT molecular complexity index is 386. The van der Waals surface area contributed by atoms with Crippen LogP contribution in [-0.2, 0) is 11.3 Å². The van der Waals surface area contributed by atoms with Crippen molar-refractivity contribution in [3.8, 4) is 0 Å². The molecule has 1 aliphatic carbocycles. The molecule has 94 valence electrons. The second-order valence-electron chi connectivity index (χ2n) is 4.78. The minimum Gasteiger partial charge on any atom is -0.477 e. The molecular weight excluding hydrogens is 236 g/mol. The highest BCUT2D eigenvalue weighted by atomic mass is 32.1. The molecule has 0 radical (unpaired) electrons. The monoisotopic (exact) mass is 254 g/mol. The van der Waals surface area contributed by atoms with Gasteiger partial charge in [0.1, 0.15) is 4.88 Å². The van der Waals surface area contributed by atoms with Gasteiger partial charge in [-0.05, 0) is 30.2 Å². The second-order valence-corrected chi connectivity index (χ2v) is 5.70. The summed E-state index contributed by atoms with van der Waals surface area (Å²) in [6.45, 7) is 2.69. The first-order valence-electron chi connectivity index (χ1n) is 6.08. The van der Waals surface area contributed by atoms with Crippen molar-refractivity contribution >= 4 is 17.3 Å². The van der Waals surface area contributed by atoms with E-state index in [1.165, 1.54) is 24.2 Å². The zero-order valence-corrected chi connectivity index (χ0v) is 10.8. The number of rotatable bonds is 4. The van der Waals surface area contributed by atoms with Gasteiger partial charge in [0.25, 0.3) is 0 Å². The quantitative estimate of drug-likeness (QED) is 0.894. The maximum Gasteiger partial charge on any atom is 0.346 e. The van der Waals surface area contributed by atoms with Crippen molar-refractivity contribution in [1.82, 2.24) is 0 Å². The lowest BCUT2D eigenvalue weighted by Gasteiger charge is -2.26. The van der Waals surface area contributed by atoms with Crippen LogP contribution in [0, 0.1) is 5.92 Å². The summed E-state index contributed by atoms with van der Waals surface area (Å²) in [4.78, 5) is 11.4. The molecule has 1 saturated carbocycles. The summed E-state index contributed by atoms with van der Waals surface area (Å²) >= 11 is 1.27. The van der Waals surface area contributed by atoms with Crippen LogP contribution in [0.25, 0.3) is 0 Å². The van der Waals surface area contributed by atoms with E-state index in [2.05, 4.69) is 6.92 Å². The van der Waals surface area contributed by atoms with Gasteiger partial charge in [-0.2, -0.15) is 0 Å². The number of carbonyl (C=O) groups is 1. The Balaban J connectivity index is 1.89. The van der Waals surface area contributed by atoms with E-state index in [4.69, 9.17) is 9.84 Å². The van der Waals surface area contributed by atoms with Crippen molar-refractivity contribution in [3.63, 3.8) is 0 Å². The standard InChI is InChI=1S/C13H18O3S/c1-9-3-2-4-11(7-9)16-8-10-5-6-17-12(10)13(14)15/h5-6,9,11H,2-4,7-8H2,1H3,(H,14,15). The first-order valence-corrected chi connectivity index (χ1v) is 6.96. The summed E-state index contributed by atoms with van der Waals surface area (Å²) in [7, 11) is 0. The van der Waals surface area contributed by atoms with Gasteiger partial charge in [0.15, 0.2) is 0 Å². The molecule has 4 heteroatoms. The zero-order valence-electron chi connectivity index (χ0n) is 10.0. The van der Waals surface area contributed by atoms with Crippen LogP contribution in [0.3, 0.4) is 0 Å². The Morgan fingerprint density at radius 1 is 1.59 bits per heavy atom. The molecule has 2 unspecified atom stereocenters. The number of hydrogen-bond acceptors (Lipinski definition) is 3. The fourth-order valence-corrected chi connectivity index (χ4v) is 3.12. The Hall–Kier alpha value is -0.870. The van der Waals surface area contributed by atoms with Crippen LogP contribution in [0.1, 0.15) is 47.8 Å². The zero-order chi connectivity index (χ0) is 12.3. The van der Waals surface area contributed by atoms with Gasteiger partial charge in [-0.25, -0.2) is 4.79 Å². The molecule has 1 fully saturated rings. The molecule has 0 aromatic carbocycles. The Morgan fingerprint density at radius 2 is 2.41 bits per heavy atom. The van der Waals surface area contributed by atoms with Gasteiger partial charge in [-0.1, -0.05) is 19.8 Å². The van der Waals surface area contributed by atoms with Crippen molar-refractivity contribution in [2.45, 2.75) is 45.3 Å². The highest BCUT2D eigenvalue weighted by Gasteiger charge is 2.20. The molecule has 1 N–H and O–H groups in total. The van der Waals surface area contributed by atoms with Gasteiger partial charge < -0.3 is 9.84 Å². The average molecular weight is 254 g/mol. The lowest BCUT2D eigenvalue weighted by molar-refractivity contribution is 0.00433. The van der Waals surface area contributed by atoms with E-state index in [1.54, 1.807) is 0 Å². The largest absolute Gasteiger partial charge is 0.477 e. The van der Waals surface area contributed by atoms with E-state index in [9.17, 15) is 4.79 Å². The van der Waals surface area contributed by atoms with Gasteiger partial charge in [0.2, 0.25) is 0 Å². The second kappa shape index (κ2) is 5.65. The van der Waals surface area contributed by atoms with Crippen LogP contribution in [0.4, 0.5) is 0 Å². The summed E-state index contributed by atoms with van der Waals surface area (Å²) in [6.07, 6.45) is 5.03. The highest BCUT2D eigenvalue weighted by molar-refractivity contribution is 7.12. The average Bonchev–Trinajstić information content (AvgIpc) is 2.74. The molecule has 1 aromatic heterocycles. The third-order valence-corrected chi connectivity index (χ3v) is 4.25. The van der Waals surface area contributed by atoms with Gasteiger partial charge in [-0.3, -0.25) is 0 Å². The minimum absolute atomic E-state index is 0.306. The third-order valence-electron chi connectivity index (χ3n) is 3.30. The van der Waals surface area contributed by atoms with Gasteiger partial charge in [0.05, 0.1) is 12.7 Å². The summed E-state index contributed by atoms with van der Waals surface area (Å²) < 4.78 is 5.83. The maximum absolute atomic E-state index is 10.9. The molecule has 0 spiro atoms. The molecule has 17 heavy (non-hydrogen) atoms. The fraction of sp³-hybridized carbons (Fsp3) is 0.615. The summed E-state index contributed by atoms with van der Waals surface area (Å²) in [5.41, 5.74) is 0.806. The predicted octanol–water partition coefficient (Wildman–Crippen LogP) is 3.54. The van der Waals surface area contributed by atoms with Crippen molar-refractivity contribution in [1.29, 1.82) is 0 Å². The first-order chi connectivity index (χ1) is 8.16. The number of hydrogen-bond donors (Lipinski definition) is 1. The van der Waals surface area contributed by atoms with Crippen molar-refractivity contribution in [2.75, 3.05) is 0 Å². The van der Waals surface area contributed by atoms with E-state index in [0.29, 0.717) is 17.6 Å². The lowest BCUT2D eigenvalue weighted by Crippen LogP contribution is -2.21. The van der Waals surface area contributed by atoms with Crippen LogP contribution < -0.4 is 0 Å². The molecule has 0 aliphatic heterocycles. The summed E-state index contributed by atoms with van der Waals surface area (Å²) in [5.74, 6) is -0.120. The smallest absolute Gasteiger partial charge is 0.346 e. The Kier molecular flexibility index (Phi) is 4.18. The molecule has 0 amide bonds. The van der Waals surface area contributed by atoms with E-state index in [1.807, 2.05) is 11.4 Å². The molecule has 0 saturated heterocycles. The van der Waals surface area contributed by atoms with Gasteiger partial charge >= 0.3 is 5.97 Å². The summed E-state index contributed by atoms with van der Waals surface area (Å²) in [6, 6.07) is 1.85. The van der Waals surface area contributed by atoms with Crippen molar-refractivity contribution in [3.05, 3.63) is 21.9 Å². The number of ether oxygens (including phenoxy) is 1. The van der Waals surface area contributed by atoms with Crippen LogP contribution in [0.2, 0.25) is 0 Å². The third kappa shape index (κ3) is 3.30. The van der Waals surface area contributed by atoms with Crippen LogP contribution >= 0.6 is 11.3 Å². The molecule has 1 heterocycles. The number of carboxylic acid groups (broad SMARTS) is 1. The summed E-state index contributed by atoms with van der Waals surface area (Å²) in [5, 5.41) is 10.8. The van der Waals surface area contributed by atoms with E-state index in [0.717, 1.165) is 24.3 Å². The van der Waals surface area contributed by atoms with Crippen LogP contribution in [0.15, 0.2) is 11.4 Å². The maximum atomic E-state index is 10.9. The number of aromatic carboxylic acids is 1. The lowest BCUT2D eigenvalue weighted by atomic mass is 9.89. The normalized spacial score (nSPS) is 24.8. The molecule has 1 aliphatic rings. The molecule has 2 rings (SSSR count). The Morgan fingerprint density at radius 3 is 3.12 bits per heavy atom. The molecule has 1 aromatic rings. The van der Waals surface area contributed by atoms with E-state index >= 15 is 0 Å². The number of carboxylic acids is 1. The number of thiophene rings is 1. The van der Waals surface area contributed by atoms with Crippen molar-refractivity contribution in [2.24, 2.45) is 5.92 Å². The van der Waals surface area contributed by atoms with Gasteiger partial charge in [0, 0.05) is 5.56 Å². The van der Waals surface area contributed by atoms with Crippen molar-refractivity contribution < 1.29 is 14.6 Å². The SMILES string of the molecule is CC1CCCC(OCc2ccsc2C(=O)O)C1. The van der Waals surface area contributed by atoms with Gasteiger partial charge in [-0.15, -0.1) is 11.3 Å². The fourth-order valence-electron chi connectivity index (χ4n) is 2.37. The van der Waals surface area contributed by atoms with E-state index < -0.39 is 5.97 Å². The molecule has 0 bridgehead atoms. The van der Waals surface area contributed by atoms with Crippen LogP contribution in [0.5, 0.6) is 0 Å². The topological polar surface area (TPSA) is 46.5 Å². The van der Waals surface area contributed by atoms with Crippen LogP contribution in [-0.4, -0.2) is 17.2 Å². The Labute approximate surface area is 105 Å². The molecule has 3 nitrogen and oxygen atoms in total.